The number of anilines is 1. The fourth-order valence-corrected chi connectivity index (χ4v) is 4.45. The Labute approximate surface area is 174 Å². The van der Waals surface area contributed by atoms with Gasteiger partial charge in [0.25, 0.3) is 5.91 Å². The lowest BCUT2D eigenvalue weighted by molar-refractivity contribution is -0.115. The highest BCUT2D eigenvalue weighted by molar-refractivity contribution is 8.18. The van der Waals surface area contributed by atoms with Crippen LogP contribution in [0.1, 0.15) is 35.1 Å². The van der Waals surface area contributed by atoms with Gasteiger partial charge in [-0.1, -0.05) is 12.1 Å². The maximum absolute atomic E-state index is 14.7. The van der Waals surface area contributed by atoms with Gasteiger partial charge in [0, 0.05) is 13.1 Å². The van der Waals surface area contributed by atoms with Crippen molar-refractivity contribution in [3.05, 3.63) is 63.3 Å². The summed E-state index contributed by atoms with van der Waals surface area (Å²) in [4.78, 5) is 19.6. The van der Waals surface area contributed by atoms with E-state index in [1.165, 1.54) is 17.8 Å². The fraction of sp³-hybridized carbons (Fsp3) is 0.304. The van der Waals surface area contributed by atoms with Gasteiger partial charge in [-0.2, -0.15) is 0 Å². The fourth-order valence-electron chi connectivity index (χ4n) is 3.63. The summed E-state index contributed by atoms with van der Waals surface area (Å²) < 4.78 is 14.7. The van der Waals surface area contributed by atoms with Gasteiger partial charge < -0.3 is 10.2 Å². The summed E-state index contributed by atoms with van der Waals surface area (Å²) in [5, 5.41) is 3.36. The Balaban J connectivity index is 1.60. The standard InChI is InChI=1S/C23H24FN3OS/c1-14-7-6-8-19(16(14)3)25-23-26-22(28)21(29-23)13-17-12-18(24)20(11-15(17)2)27-9-4-5-10-27/h6-8,11-13H,4-5,9-10H2,1-3H3,(H,25,26,28)/b21-13-. The van der Waals surface area contributed by atoms with Gasteiger partial charge in [0.1, 0.15) is 5.82 Å². The lowest BCUT2D eigenvalue weighted by Crippen LogP contribution is -2.19. The Kier molecular flexibility index (Phi) is 5.46. The van der Waals surface area contributed by atoms with E-state index in [1.807, 2.05) is 45.0 Å². The van der Waals surface area contributed by atoms with Crippen molar-refractivity contribution in [2.45, 2.75) is 33.6 Å². The molecular weight excluding hydrogens is 385 g/mol. The SMILES string of the molecule is Cc1cc(N2CCCC2)c(F)cc1/C=C1\SC(=Nc2cccc(C)c2C)NC1=O. The highest BCUT2D eigenvalue weighted by atomic mass is 32.2. The molecule has 0 unspecified atom stereocenters. The predicted molar refractivity (Wildman–Crippen MR) is 119 cm³/mol. The van der Waals surface area contributed by atoms with Crippen LogP contribution < -0.4 is 10.2 Å². The first kappa shape index (κ1) is 19.7. The molecule has 2 aromatic carbocycles. The smallest absolute Gasteiger partial charge is 0.264 e. The van der Waals surface area contributed by atoms with Gasteiger partial charge in [-0.05, 0) is 91.9 Å². The molecule has 0 aliphatic carbocycles. The van der Waals surface area contributed by atoms with Gasteiger partial charge in [0.15, 0.2) is 5.17 Å². The summed E-state index contributed by atoms with van der Waals surface area (Å²) in [5.41, 5.74) is 5.41. The summed E-state index contributed by atoms with van der Waals surface area (Å²) in [6.45, 7) is 7.80. The number of nitrogens with one attached hydrogen (secondary N) is 1. The molecule has 2 heterocycles. The third-order valence-electron chi connectivity index (χ3n) is 5.52. The summed E-state index contributed by atoms with van der Waals surface area (Å²) in [5.74, 6) is -0.445. The second kappa shape index (κ2) is 8.03. The number of thioether (sulfide) groups is 1. The lowest BCUT2D eigenvalue weighted by atomic mass is 10.1. The Hall–Kier alpha value is -2.60. The average Bonchev–Trinajstić information content (AvgIpc) is 3.32. The number of halogens is 1. The van der Waals surface area contributed by atoms with Crippen LogP contribution in [0, 0.1) is 26.6 Å². The van der Waals surface area contributed by atoms with E-state index in [1.54, 1.807) is 6.08 Å². The van der Waals surface area contributed by atoms with Crippen molar-refractivity contribution in [3.8, 4) is 0 Å². The molecule has 6 heteroatoms. The van der Waals surface area contributed by atoms with E-state index in [-0.39, 0.29) is 11.7 Å². The molecule has 0 aromatic heterocycles. The van der Waals surface area contributed by atoms with E-state index in [0.29, 0.717) is 15.8 Å². The van der Waals surface area contributed by atoms with Crippen molar-refractivity contribution < 1.29 is 9.18 Å². The molecule has 2 aromatic rings. The molecule has 1 amide bonds. The molecule has 4 rings (SSSR count). The van der Waals surface area contributed by atoms with Crippen molar-refractivity contribution in [1.29, 1.82) is 0 Å². The van der Waals surface area contributed by atoms with Crippen LogP contribution in [0.25, 0.3) is 6.08 Å². The van der Waals surface area contributed by atoms with Gasteiger partial charge in [-0.3, -0.25) is 4.79 Å². The first-order valence-electron chi connectivity index (χ1n) is 9.83. The second-order valence-electron chi connectivity index (χ2n) is 7.56. The zero-order valence-electron chi connectivity index (χ0n) is 16.9. The highest BCUT2D eigenvalue weighted by Crippen LogP contribution is 2.32. The molecule has 2 fully saturated rings. The normalized spacial score (nSPS) is 19.4. The number of aliphatic imine (C=N–C) groups is 1. The molecule has 0 bridgehead atoms. The lowest BCUT2D eigenvalue weighted by Gasteiger charge is -2.19. The molecule has 0 saturated carbocycles. The van der Waals surface area contributed by atoms with Crippen LogP contribution in [0.2, 0.25) is 0 Å². The summed E-state index contributed by atoms with van der Waals surface area (Å²) in [6, 6.07) is 9.33. The maximum atomic E-state index is 14.7. The molecule has 1 N–H and O–H groups in total. The summed E-state index contributed by atoms with van der Waals surface area (Å²) in [6.07, 6.45) is 3.95. The van der Waals surface area contributed by atoms with Crippen LogP contribution in [0.3, 0.4) is 0 Å². The van der Waals surface area contributed by atoms with E-state index in [9.17, 15) is 9.18 Å². The Morgan fingerprint density at radius 1 is 1.14 bits per heavy atom. The molecule has 0 radical (unpaired) electrons. The summed E-state index contributed by atoms with van der Waals surface area (Å²) >= 11 is 1.28. The number of carbonyl (C=O) groups excluding carboxylic acids is 1. The Morgan fingerprint density at radius 3 is 2.66 bits per heavy atom. The number of benzene rings is 2. The van der Waals surface area contributed by atoms with Crippen molar-refractivity contribution in [3.63, 3.8) is 0 Å². The van der Waals surface area contributed by atoms with E-state index in [0.717, 1.165) is 53.9 Å². The number of hydrogen-bond donors (Lipinski definition) is 1. The number of rotatable bonds is 3. The van der Waals surface area contributed by atoms with Gasteiger partial charge in [0.2, 0.25) is 0 Å². The molecule has 29 heavy (non-hydrogen) atoms. The molecule has 2 saturated heterocycles. The first-order valence-corrected chi connectivity index (χ1v) is 10.6. The quantitative estimate of drug-likeness (QED) is 0.705. The molecule has 0 atom stereocenters. The molecule has 0 spiro atoms. The average molecular weight is 410 g/mol. The zero-order chi connectivity index (χ0) is 20.5. The van der Waals surface area contributed by atoms with E-state index in [4.69, 9.17) is 0 Å². The Bertz CT molecular complexity index is 1040. The molecular formula is C23H24FN3OS. The van der Waals surface area contributed by atoms with Gasteiger partial charge in [-0.25, -0.2) is 9.38 Å². The minimum atomic E-state index is -0.239. The maximum Gasteiger partial charge on any atom is 0.264 e. The minimum Gasteiger partial charge on any atom is -0.369 e. The zero-order valence-corrected chi connectivity index (χ0v) is 17.7. The van der Waals surface area contributed by atoms with Crippen LogP contribution in [-0.4, -0.2) is 24.2 Å². The van der Waals surface area contributed by atoms with Crippen molar-refractivity contribution in [2.24, 2.45) is 4.99 Å². The van der Waals surface area contributed by atoms with Crippen LogP contribution >= 0.6 is 11.8 Å². The third kappa shape index (κ3) is 4.08. The van der Waals surface area contributed by atoms with Crippen molar-refractivity contribution in [1.82, 2.24) is 5.32 Å². The number of hydrogen-bond acceptors (Lipinski definition) is 4. The number of amidine groups is 1. The van der Waals surface area contributed by atoms with E-state index in [2.05, 4.69) is 15.2 Å². The van der Waals surface area contributed by atoms with Crippen LogP contribution in [0.4, 0.5) is 15.8 Å². The van der Waals surface area contributed by atoms with Crippen LogP contribution in [0.5, 0.6) is 0 Å². The van der Waals surface area contributed by atoms with Gasteiger partial charge >= 0.3 is 0 Å². The number of carbonyl (C=O) groups is 1. The molecule has 2 aliphatic heterocycles. The highest BCUT2D eigenvalue weighted by Gasteiger charge is 2.25. The van der Waals surface area contributed by atoms with Crippen LogP contribution in [-0.2, 0) is 4.79 Å². The van der Waals surface area contributed by atoms with Gasteiger partial charge in [0.05, 0.1) is 16.3 Å². The van der Waals surface area contributed by atoms with Crippen molar-refractivity contribution in [2.75, 3.05) is 18.0 Å². The third-order valence-corrected chi connectivity index (χ3v) is 6.43. The monoisotopic (exact) mass is 409 g/mol. The molecule has 2 aliphatic rings. The van der Waals surface area contributed by atoms with E-state index < -0.39 is 0 Å². The molecule has 4 nitrogen and oxygen atoms in total. The Morgan fingerprint density at radius 2 is 1.90 bits per heavy atom. The van der Waals surface area contributed by atoms with E-state index >= 15 is 0 Å². The minimum absolute atomic E-state index is 0.206. The number of amides is 1. The number of nitrogens with zero attached hydrogens (tertiary/aromatic N) is 2. The molecule has 150 valence electrons. The first-order chi connectivity index (χ1) is 13.9. The summed E-state index contributed by atoms with van der Waals surface area (Å²) in [7, 11) is 0. The second-order valence-corrected chi connectivity index (χ2v) is 8.59. The van der Waals surface area contributed by atoms with Crippen LogP contribution in [0.15, 0.2) is 40.2 Å². The number of aryl methyl sites for hydroxylation is 2. The topological polar surface area (TPSA) is 44.7 Å². The van der Waals surface area contributed by atoms with Crippen molar-refractivity contribution >= 4 is 40.3 Å². The van der Waals surface area contributed by atoms with Gasteiger partial charge in [-0.15, -0.1) is 0 Å². The largest absolute Gasteiger partial charge is 0.369 e. The predicted octanol–water partition coefficient (Wildman–Crippen LogP) is 5.24.